The number of urea groups is 1. The second-order valence-electron chi connectivity index (χ2n) is 6.78. The van der Waals surface area contributed by atoms with Gasteiger partial charge in [-0.1, -0.05) is 0 Å². The third kappa shape index (κ3) is 6.39. The van der Waals surface area contributed by atoms with Gasteiger partial charge in [0, 0.05) is 54.8 Å². The largest absolute Gasteiger partial charge is 0.490 e. The number of fused-ring (bicyclic) bond motifs is 1. The van der Waals surface area contributed by atoms with Crippen LogP contribution in [-0.2, 0) is 17.6 Å². The Hall–Kier alpha value is -3.24. The third-order valence-electron chi connectivity index (χ3n) is 4.18. The molecule has 1 aliphatic heterocycles. The van der Waals surface area contributed by atoms with Gasteiger partial charge in [-0.2, -0.15) is 13.2 Å². The van der Waals surface area contributed by atoms with Crippen LogP contribution in [0.2, 0.25) is 0 Å². The monoisotopic (exact) mass is 425 g/mol. The van der Waals surface area contributed by atoms with Crippen LogP contribution in [0.1, 0.15) is 25.1 Å². The van der Waals surface area contributed by atoms with E-state index < -0.39 is 12.1 Å². The van der Waals surface area contributed by atoms with Crippen LogP contribution >= 0.6 is 0 Å². The molecule has 0 saturated heterocycles. The summed E-state index contributed by atoms with van der Waals surface area (Å²) in [5, 5.41) is 10.1. The summed E-state index contributed by atoms with van der Waals surface area (Å²) >= 11 is 0. The van der Waals surface area contributed by atoms with Crippen LogP contribution in [0.25, 0.3) is 11.3 Å². The fourth-order valence-electron chi connectivity index (χ4n) is 2.83. The number of rotatable bonds is 2. The molecule has 0 bridgehead atoms. The number of nitrogens with one attached hydrogen (secondary N) is 1. The zero-order valence-electron chi connectivity index (χ0n) is 16.5. The number of hydrogen-bond donors (Lipinski definition) is 2. The van der Waals surface area contributed by atoms with Crippen molar-refractivity contribution in [2.45, 2.75) is 38.9 Å². The van der Waals surface area contributed by atoms with Crippen LogP contribution in [0.5, 0.6) is 0 Å². The minimum atomic E-state index is -5.08. The Morgan fingerprint density at radius 3 is 2.30 bits per heavy atom. The molecule has 0 atom stereocenters. The van der Waals surface area contributed by atoms with Gasteiger partial charge in [-0.3, -0.25) is 4.98 Å². The Labute approximate surface area is 171 Å². The highest BCUT2D eigenvalue weighted by atomic mass is 19.4. The molecule has 3 heterocycles. The summed E-state index contributed by atoms with van der Waals surface area (Å²) in [6.07, 6.45) is 1.57. The quantitative estimate of drug-likeness (QED) is 0.766. The molecule has 1 aliphatic rings. The number of carboxylic acid groups (broad SMARTS) is 1. The maximum Gasteiger partial charge on any atom is 0.490 e. The summed E-state index contributed by atoms with van der Waals surface area (Å²) in [4.78, 5) is 36.0. The fraction of sp³-hybridized carbons (Fsp3) is 0.421. The second-order valence-corrected chi connectivity index (χ2v) is 6.78. The van der Waals surface area contributed by atoms with Crippen molar-refractivity contribution in [3.8, 4) is 11.3 Å². The molecule has 11 heteroatoms. The van der Waals surface area contributed by atoms with Crippen LogP contribution in [0.4, 0.5) is 18.0 Å². The van der Waals surface area contributed by atoms with Gasteiger partial charge in [0.2, 0.25) is 0 Å². The van der Waals surface area contributed by atoms with Gasteiger partial charge in [-0.15, -0.1) is 0 Å². The third-order valence-corrected chi connectivity index (χ3v) is 4.18. The van der Waals surface area contributed by atoms with Crippen molar-refractivity contribution < 1.29 is 27.9 Å². The van der Waals surface area contributed by atoms with E-state index in [1.165, 1.54) is 0 Å². The van der Waals surface area contributed by atoms with E-state index in [9.17, 15) is 18.0 Å². The number of hydrogen-bond acceptors (Lipinski definition) is 5. The lowest BCUT2D eigenvalue weighted by Gasteiger charge is -2.22. The minimum absolute atomic E-state index is 0.00812. The summed E-state index contributed by atoms with van der Waals surface area (Å²) < 4.78 is 31.7. The lowest BCUT2D eigenvalue weighted by Crippen LogP contribution is -2.44. The number of carbonyl (C=O) groups excluding carboxylic acids is 1. The molecule has 0 aromatic carbocycles. The Morgan fingerprint density at radius 1 is 1.13 bits per heavy atom. The Kier molecular flexibility index (Phi) is 7.67. The number of alkyl halides is 3. The molecule has 0 radical (unpaired) electrons. The first-order valence-electron chi connectivity index (χ1n) is 9.18. The van der Waals surface area contributed by atoms with Crippen molar-refractivity contribution in [3.63, 3.8) is 0 Å². The Bertz CT molecular complexity index is 875. The lowest BCUT2D eigenvalue weighted by atomic mass is 10.0. The van der Waals surface area contributed by atoms with Crippen LogP contribution in [-0.4, -0.2) is 62.3 Å². The summed E-state index contributed by atoms with van der Waals surface area (Å²) in [6.45, 7) is 5.30. The molecular formula is C19H22F3N5O3. The summed E-state index contributed by atoms with van der Waals surface area (Å²) in [7, 11) is 0. The first-order chi connectivity index (χ1) is 14.1. The molecule has 8 nitrogen and oxygen atoms in total. The van der Waals surface area contributed by atoms with Gasteiger partial charge in [0.05, 0.1) is 5.69 Å². The Morgan fingerprint density at radius 2 is 1.73 bits per heavy atom. The van der Waals surface area contributed by atoms with Gasteiger partial charge >= 0.3 is 18.2 Å². The highest BCUT2D eigenvalue weighted by molar-refractivity contribution is 5.75. The van der Waals surface area contributed by atoms with E-state index in [-0.39, 0.29) is 12.1 Å². The van der Waals surface area contributed by atoms with Crippen molar-refractivity contribution in [3.05, 3.63) is 42.1 Å². The Balaban J connectivity index is 0.000000396. The molecule has 0 spiro atoms. The van der Waals surface area contributed by atoms with E-state index >= 15 is 0 Å². The van der Waals surface area contributed by atoms with Gasteiger partial charge in [-0.25, -0.2) is 19.6 Å². The van der Waals surface area contributed by atoms with E-state index in [4.69, 9.17) is 9.90 Å². The summed E-state index contributed by atoms with van der Waals surface area (Å²) in [6, 6.07) is 4.04. The average Bonchev–Trinajstić information content (AvgIpc) is 2.90. The van der Waals surface area contributed by atoms with E-state index in [0.717, 1.165) is 35.4 Å². The topological polar surface area (TPSA) is 108 Å². The van der Waals surface area contributed by atoms with Gasteiger partial charge in [0.15, 0.2) is 0 Å². The molecule has 2 amide bonds. The standard InChI is InChI=1S/C17H21N5O.C2HF3O2/c1-12(2)21-17(23)22-9-5-14-15(6-10-22)19-11-20-16(14)13-3-7-18-8-4-13;3-2(4,5)1(6)7/h3-4,7-8,11-12H,5-6,9-10H2,1-2H3,(H,21,23);(H,6,7). The number of aromatic nitrogens is 3. The highest BCUT2D eigenvalue weighted by Gasteiger charge is 2.38. The molecule has 2 N–H and O–H groups in total. The molecule has 30 heavy (non-hydrogen) atoms. The van der Waals surface area contributed by atoms with E-state index in [2.05, 4.69) is 20.3 Å². The number of pyridine rings is 1. The van der Waals surface area contributed by atoms with Crippen LogP contribution in [0.15, 0.2) is 30.9 Å². The highest BCUT2D eigenvalue weighted by Crippen LogP contribution is 2.25. The van der Waals surface area contributed by atoms with Crippen molar-refractivity contribution in [1.29, 1.82) is 0 Å². The van der Waals surface area contributed by atoms with E-state index in [1.807, 2.05) is 30.9 Å². The SMILES string of the molecule is CC(C)NC(=O)N1CCc2ncnc(-c3ccncc3)c2CC1.O=C(O)C(F)(F)F. The number of carbonyl (C=O) groups is 2. The van der Waals surface area contributed by atoms with Crippen LogP contribution < -0.4 is 5.32 Å². The first-order valence-corrected chi connectivity index (χ1v) is 9.18. The zero-order chi connectivity index (χ0) is 22.3. The number of carboxylic acids is 1. The minimum Gasteiger partial charge on any atom is -0.475 e. The number of aliphatic carboxylic acids is 1. The average molecular weight is 425 g/mol. The van der Waals surface area contributed by atoms with Gasteiger partial charge in [0.25, 0.3) is 0 Å². The smallest absolute Gasteiger partial charge is 0.475 e. The van der Waals surface area contributed by atoms with Gasteiger partial charge in [0.1, 0.15) is 6.33 Å². The van der Waals surface area contributed by atoms with Crippen molar-refractivity contribution in [1.82, 2.24) is 25.2 Å². The molecule has 2 aromatic heterocycles. The maximum atomic E-state index is 12.2. The summed E-state index contributed by atoms with van der Waals surface area (Å²) in [5.41, 5.74) is 4.16. The first kappa shape index (κ1) is 23.0. The van der Waals surface area contributed by atoms with Crippen molar-refractivity contribution in [2.75, 3.05) is 13.1 Å². The number of nitrogens with zero attached hydrogens (tertiary/aromatic N) is 4. The molecule has 0 fully saturated rings. The lowest BCUT2D eigenvalue weighted by molar-refractivity contribution is -0.192. The number of amides is 2. The predicted molar refractivity (Wildman–Crippen MR) is 102 cm³/mol. The maximum absolute atomic E-state index is 12.2. The molecular weight excluding hydrogens is 403 g/mol. The molecule has 3 rings (SSSR count). The van der Waals surface area contributed by atoms with Crippen LogP contribution in [0, 0.1) is 0 Å². The summed E-state index contributed by atoms with van der Waals surface area (Å²) in [5.74, 6) is -2.76. The normalized spacial score (nSPS) is 13.6. The fourth-order valence-corrected chi connectivity index (χ4v) is 2.83. The van der Waals surface area contributed by atoms with Gasteiger partial charge in [-0.05, 0) is 32.4 Å². The molecule has 0 aliphatic carbocycles. The van der Waals surface area contributed by atoms with E-state index in [1.54, 1.807) is 18.7 Å². The molecule has 0 saturated carbocycles. The molecule has 0 unspecified atom stereocenters. The predicted octanol–water partition coefficient (Wildman–Crippen LogP) is 2.69. The second kappa shape index (κ2) is 9.99. The molecule has 2 aromatic rings. The van der Waals surface area contributed by atoms with Crippen molar-refractivity contribution in [2.24, 2.45) is 0 Å². The van der Waals surface area contributed by atoms with Crippen LogP contribution in [0.3, 0.4) is 0 Å². The number of halogens is 3. The van der Waals surface area contributed by atoms with Gasteiger partial charge < -0.3 is 15.3 Å². The van der Waals surface area contributed by atoms with E-state index in [0.29, 0.717) is 13.1 Å². The zero-order valence-corrected chi connectivity index (χ0v) is 16.5. The van der Waals surface area contributed by atoms with Crippen molar-refractivity contribution >= 4 is 12.0 Å². The molecule has 162 valence electrons.